The highest BCUT2D eigenvalue weighted by Crippen LogP contribution is 2.39. The van der Waals surface area contributed by atoms with Crippen molar-refractivity contribution in [2.45, 2.75) is 117 Å². The molecule has 0 aromatic rings. The van der Waals surface area contributed by atoms with Gasteiger partial charge in [0.25, 0.3) is 0 Å². The molecule has 1 heterocycles. The van der Waals surface area contributed by atoms with Crippen LogP contribution >= 0.6 is 0 Å². The van der Waals surface area contributed by atoms with Gasteiger partial charge in [-0.25, -0.2) is 0 Å². The molecule has 0 aliphatic carbocycles. The molecule has 0 bridgehead atoms. The molecule has 142 valence electrons. The number of likely N-dealkylation sites (tertiary alicyclic amines) is 1. The standard InChI is InChI=1S/C21H41NO2/c1-7-8-9-10-11-12-15-24-19-16-20(3,4)22(14-13-18(2)23)21(5,6)17-19/h19H,7-17H2,1-6H3. The maximum Gasteiger partial charge on any atom is 0.131 e. The molecule has 0 aromatic heterocycles. The van der Waals surface area contributed by atoms with Crippen molar-refractivity contribution >= 4 is 5.78 Å². The SMILES string of the molecule is CCCCCCCCOC1CC(C)(C)N(CCC(C)=O)C(C)(C)C1. The Hall–Kier alpha value is -0.410. The number of carbonyl (C=O) groups excluding carboxylic acids is 1. The lowest BCUT2D eigenvalue weighted by atomic mass is 9.78. The highest BCUT2D eigenvalue weighted by Gasteiger charge is 2.45. The van der Waals surface area contributed by atoms with Crippen LogP contribution in [0.4, 0.5) is 0 Å². The molecule has 1 aliphatic heterocycles. The number of ether oxygens (including phenoxy) is 1. The van der Waals surface area contributed by atoms with Gasteiger partial charge >= 0.3 is 0 Å². The number of hydrogen-bond donors (Lipinski definition) is 0. The number of piperidine rings is 1. The lowest BCUT2D eigenvalue weighted by Gasteiger charge is -2.55. The van der Waals surface area contributed by atoms with Crippen LogP contribution in [0, 0.1) is 0 Å². The van der Waals surface area contributed by atoms with Gasteiger partial charge in [-0.1, -0.05) is 39.0 Å². The third-order valence-corrected chi connectivity index (χ3v) is 5.45. The summed E-state index contributed by atoms with van der Waals surface area (Å²) >= 11 is 0. The summed E-state index contributed by atoms with van der Waals surface area (Å²) in [5.74, 6) is 0.281. The van der Waals surface area contributed by atoms with Crippen LogP contribution in [0.5, 0.6) is 0 Å². The Kier molecular flexibility index (Phi) is 8.94. The van der Waals surface area contributed by atoms with Gasteiger partial charge in [0.1, 0.15) is 5.78 Å². The Morgan fingerprint density at radius 1 is 1.00 bits per heavy atom. The van der Waals surface area contributed by atoms with Gasteiger partial charge in [-0.3, -0.25) is 9.69 Å². The van der Waals surface area contributed by atoms with Crippen LogP contribution in [0.25, 0.3) is 0 Å². The first-order valence-electron chi connectivity index (χ1n) is 10.1. The van der Waals surface area contributed by atoms with Gasteiger partial charge in [-0.05, 0) is 53.9 Å². The zero-order valence-electron chi connectivity index (χ0n) is 17.1. The van der Waals surface area contributed by atoms with Crippen LogP contribution in [0.15, 0.2) is 0 Å². The Bertz CT molecular complexity index is 358. The second kappa shape index (κ2) is 9.91. The minimum Gasteiger partial charge on any atom is -0.378 e. The van der Waals surface area contributed by atoms with E-state index in [0.717, 1.165) is 26.0 Å². The average Bonchev–Trinajstić information content (AvgIpc) is 2.43. The van der Waals surface area contributed by atoms with Crippen molar-refractivity contribution < 1.29 is 9.53 Å². The fourth-order valence-corrected chi connectivity index (χ4v) is 4.35. The summed E-state index contributed by atoms with van der Waals surface area (Å²) in [6.45, 7) is 14.9. The summed E-state index contributed by atoms with van der Waals surface area (Å²) in [5.41, 5.74) is 0.173. The molecule has 0 saturated carbocycles. The molecule has 0 N–H and O–H groups in total. The normalized spacial score (nSPS) is 21.1. The predicted octanol–water partition coefficient (Wildman–Crippen LogP) is 5.36. The van der Waals surface area contributed by atoms with E-state index in [0.29, 0.717) is 12.5 Å². The van der Waals surface area contributed by atoms with E-state index in [-0.39, 0.29) is 16.9 Å². The first kappa shape index (κ1) is 21.6. The predicted molar refractivity (Wildman–Crippen MR) is 103 cm³/mol. The van der Waals surface area contributed by atoms with E-state index in [9.17, 15) is 4.79 Å². The molecule has 3 heteroatoms. The molecular formula is C21H41NO2. The highest BCUT2D eigenvalue weighted by molar-refractivity contribution is 5.75. The summed E-state index contributed by atoms with van der Waals surface area (Å²) in [5, 5.41) is 0. The summed E-state index contributed by atoms with van der Waals surface area (Å²) in [4.78, 5) is 13.9. The van der Waals surface area contributed by atoms with Gasteiger partial charge in [0.2, 0.25) is 0 Å². The van der Waals surface area contributed by atoms with Crippen LogP contribution in [0.1, 0.15) is 99.3 Å². The number of hydrogen-bond acceptors (Lipinski definition) is 3. The molecule has 0 atom stereocenters. The van der Waals surface area contributed by atoms with Crippen molar-refractivity contribution in [2.24, 2.45) is 0 Å². The lowest BCUT2D eigenvalue weighted by molar-refractivity contribution is -0.122. The lowest BCUT2D eigenvalue weighted by Crippen LogP contribution is -2.62. The molecule has 0 radical (unpaired) electrons. The molecule has 1 saturated heterocycles. The van der Waals surface area contributed by atoms with E-state index >= 15 is 0 Å². The minimum atomic E-state index is 0.0863. The molecule has 0 aromatic carbocycles. The van der Waals surface area contributed by atoms with Crippen molar-refractivity contribution in [1.29, 1.82) is 0 Å². The third kappa shape index (κ3) is 7.23. The maximum absolute atomic E-state index is 11.4. The fraction of sp³-hybridized carbons (Fsp3) is 0.952. The van der Waals surface area contributed by atoms with Gasteiger partial charge < -0.3 is 4.74 Å². The Morgan fingerprint density at radius 3 is 2.08 bits per heavy atom. The molecule has 1 fully saturated rings. The molecule has 24 heavy (non-hydrogen) atoms. The monoisotopic (exact) mass is 339 g/mol. The summed E-state index contributed by atoms with van der Waals surface area (Å²) in [6.07, 6.45) is 11.0. The molecule has 1 rings (SSSR count). The second-order valence-electron chi connectivity index (χ2n) is 8.90. The smallest absolute Gasteiger partial charge is 0.131 e. The maximum atomic E-state index is 11.4. The number of nitrogens with zero attached hydrogens (tertiary/aromatic N) is 1. The van der Waals surface area contributed by atoms with E-state index in [2.05, 4.69) is 39.5 Å². The Labute approximate surface area is 150 Å². The number of Topliss-reactive ketones (excluding diaryl/α,β-unsaturated/α-hetero) is 1. The molecular weight excluding hydrogens is 298 g/mol. The van der Waals surface area contributed by atoms with Gasteiger partial charge in [-0.15, -0.1) is 0 Å². The van der Waals surface area contributed by atoms with Crippen molar-refractivity contribution in [3.05, 3.63) is 0 Å². The van der Waals surface area contributed by atoms with E-state index < -0.39 is 0 Å². The molecule has 3 nitrogen and oxygen atoms in total. The van der Waals surface area contributed by atoms with E-state index in [1.807, 2.05) is 0 Å². The first-order valence-corrected chi connectivity index (χ1v) is 10.1. The summed E-state index contributed by atoms with van der Waals surface area (Å²) < 4.78 is 6.24. The van der Waals surface area contributed by atoms with Gasteiger partial charge in [0, 0.05) is 30.7 Å². The van der Waals surface area contributed by atoms with Crippen LogP contribution in [-0.4, -0.2) is 41.0 Å². The average molecular weight is 340 g/mol. The molecule has 1 aliphatic rings. The topological polar surface area (TPSA) is 29.5 Å². The molecule has 0 unspecified atom stereocenters. The van der Waals surface area contributed by atoms with Crippen molar-refractivity contribution in [3.8, 4) is 0 Å². The number of rotatable bonds is 11. The number of ketones is 1. The minimum absolute atomic E-state index is 0.0863. The summed E-state index contributed by atoms with van der Waals surface area (Å²) in [7, 11) is 0. The van der Waals surface area contributed by atoms with E-state index in [1.54, 1.807) is 6.92 Å². The van der Waals surface area contributed by atoms with Crippen LogP contribution in [-0.2, 0) is 9.53 Å². The van der Waals surface area contributed by atoms with Crippen LogP contribution < -0.4 is 0 Å². The van der Waals surface area contributed by atoms with Gasteiger partial charge in [-0.2, -0.15) is 0 Å². The summed E-state index contributed by atoms with van der Waals surface area (Å²) in [6, 6.07) is 0. The van der Waals surface area contributed by atoms with Crippen molar-refractivity contribution in [3.63, 3.8) is 0 Å². The van der Waals surface area contributed by atoms with E-state index in [1.165, 1.54) is 38.5 Å². The zero-order chi connectivity index (χ0) is 18.2. The Balaban J connectivity index is 2.41. The van der Waals surface area contributed by atoms with Crippen LogP contribution in [0.3, 0.4) is 0 Å². The van der Waals surface area contributed by atoms with Crippen molar-refractivity contribution in [2.75, 3.05) is 13.2 Å². The van der Waals surface area contributed by atoms with Gasteiger partial charge in [0.05, 0.1) is 6.10 Å². The molecule has 0 amide bonds. The first-order chi connectivity index (χ1) is 11.2. The van der Waals surface area contributed by atoms with Crippen LogP contribution in [0.2, 0.25) is 0 Å². The van der Waals surface area contributed by atoms with E-state index in [4.69, 9.17) is 4.74 Å². The quantitative estimate of drug-likeness (QED) is 0.474. The number of carbonyl (C=O) groups is 1. The fourth-order valence-electron chi connectivity index (χ4n) is 4.35. The third-order valence-electron chi connectivity index (χ3n) is 5.45. The van der Waals surface area contributed by atoms with Crippen molar-refractivity contribution in [1.82, 2.24) is 4.90 Å². The molecule has 0 spiro atoms. The zero-order valence-corrected chi connectivity index (χ0v) is 17.1. The second-order valence-corrected chi connectivity index (χ2v) is 8.90. The Morgan fingerprint density at radius 2 is 1.54 bits per heavy atom. The largest absolute Gasteiger partial charge is 0.378 e. The number of unbranched alkanes of at least 4 members (excludes halogenated alkanes) is 5. The highest BCUT2D eigenvalue weighted by atomic mass is 16.5. The van der Waals surface area contributed by atoms with Gasteiger partial charge in [0.15, 0.2) is 0 Å².